The third kappa shape index (κ3) is 5.00. The number of rotatable bonds is 7. The fraction of sp³-hybridized carbons (Fsp3) is 0.545. The minimum Gasteiger partial charge on any atom is -0.303 e. The molecule has 5 nitrogen and oxygen atoms in total. The first-order valence-electron chi connectivity index (χ1n) is 5.93. The average molecular weight is 371 g/mol. The second-order valence-electron chi connectivity index (χ2n) is 3.87. The van der Waals surface area contributed by atoms with E-state index in [-0.39, 0.29) is 10.0 Å². The van der Waals surface area contributed by atoms with Crippen LogP contribution in [0.4, 0.5) is 0 Å². The lowest BCUT2D eigenvalue weighted by Gasteiger charge is -2.18. The average Bonchev–Trinajstić information content (AvgIpc) is 2.37. The Kier molecular flexibility index (Phi) is 6.68. The van der Waals surface area contributed by atoms with E-state index in [0.29, 0.717) is 17.6 Å². The monoisotopic (exact) mass is 369 g/mol. The molecule has 1 heterocycles. The predicted molar refractivity (Wildman–Crippen MR) is 79.9 cm³/mol. The summed E-state index contributed by atoms with van der Waals surface area (Å²) >= 11 is 9.00. The first-order valence-corrected chi connectivity index (χ1v) is 8.59. The van der Waals surface area contributed by atoms with E-state index in [4.69, 9.17) is 11.6 Å². The molecule has 0 aliphatic heterocycles. The smallest absolute Gasteiger partial charge is 0.243 e. The van der Waals surface area contributed by atoms with Gasteiger partial charge in [0.05, 0.1) is 0 Å². The zero-order chi connectivity index (χ0) is 14.5. The Hall–Kier alpha value is -0.210. The molecule has 0 aromatic carbocycles. The van der Waals surface area contributed by atoms with Crippen molar-refractivity contribution in [3.63, 3.8) is 0 Å². The van der Waals surface area contributed by atoms with E-state index in [0.717, 1.165) is 13.1 Å². The van der Waals surface area contributed by atoms with Gasteiger partial charge in [-0.2, -0.15) is 0 Å². The van der Waals surface area contributed by atoms with Crippen molar-refractivity contribution in [1.82, 2.24) is 14.6 Å². The zero-order valence-electron chi connectivity index (χ0n) is 10.9. The fourth-order valence-electron chi connectivity index (χ4n) is 1.55. The van der Waals surface area contributed by atoms with Gasteiger partial charge in [0.15, 0.2) is 0 Å². The number of likely N-dealkylation sites (N-methyl/N-ethyl adjacent to an activating group) is 1. The summed E-state index contributed by atoms with van der Waals surface area (Å²) in [5, 5.41) is -0.0291. The van der Waals surface area contributed by atoms with Gasteiger partial charge >= 0.3 is 0 Å². The highest BCUT2D eigenvalue weighted by atomic mass is 79.9. The van der Waals surface area contributed by atoms with Gasteiger partial charge in [0.1, 0.15) is 10.0 Å². The molecule has 108 valence electrons. The van der Waals surface area contributed by atoms with Gasteiger partial charge < -0.3 is 4.90 Å². The van der Waals surface area contributed by atoms with Crippen LogP contribution in [0.15, 0.2) is 21.6 Å². The summed E-state index contributed by atoms with van der Waals surface area (Å²) in [7, 11) is -3.63. The maximum Gasteiger partial charge on any atom is 0.243 e. The molecule has 8 heteroatoms. The summed E-state index contributed by atoms with van der Waals surface area (Å²) in [6.45, 7) is 6.84. The molecule has 0 unspecified atom stereocenters. The standard InChI is InChI=1S/C11H17BrClN3O2S/c1-3-16(4-2)6-5-15-19(17,18)10-7-9(12)8-14-11(10)13/h7-8,15H,3-6H2,1-2H3. The van der Waals surface area contributed by atoms with Crippen LogP contribution in [0.2, 0.25) is 5.15 Å². The van der Waals surface area contributed by atoms with Gasteiger partial charge in [-0.3, -0.25) is 0 Å². The largest absolute Gasteiger partial charge is 0.303 e. The zero-order valence-corrected chi connectivity index (χ0v) is 14.0. The first-order chi connectivity index (χ1) is 8.90. The van der Waals surface area contributed by atoms with Gasteiger partial charge in [0, 0.05) is 23.8 Å². The number of pyridine rings is 1. The van der Waals surface area contributed by atoms with Crippen LogP contribution in [-0.4, -0.2) is 44.5 Å². The Balaban J connectivity index is 2.73. The summed E-state index contributed by atoms with van der Waals surface area (Å²) in [5.74, 6) is 0. The Labute approximate surface area is 127 Å². The number of halogens is 2. The maximum atomic E-state index is 12.1. The Morgan fingerprint density at radius 1 is 1.42 bits per heavy atom. The lowest BCUT2D eigenvalue weighted by molar-refractivity contribution is 0.309. The van der Waals surface area contributed by atoms with E-state index in [1.807, 2.05) is 13.8 Å². The number of nitrogens with one attached hydrogen (secondary N) is 1. The number of hydrogen-bond acceptors (Lipinski definition) is 4. The van der Waals surface area contributed by atoms with Crippen LogP contribution in [0, 0.1) is 0 Å². The van der Waals surface area contributed by atoms with Crippen LogP contribution in [0.25, 0.3) is 0 Å². The number of hydrogen-bond donors (Lipinski definition) is 1. The van der Waals surface area contributed by atoms with Gasteiger partial charge in [0.25, 0.3) is 0 Å². The molecule has 0 saturated carbocycles. The third-order valence-corrected chi connectivity index (χ3v) is 5.00. The molecule has 0 atom stereocenters. The fourth-order valence-corrected chi connectivity index (χ4v) is 3.51. The number of aromatic nitrogens is 1. The van der Waals surface area contributed by atoms with Gasteiger partial charge in [-0.1, -0.05) is 25.4 Å². The van der Waals surface area contributed by atoms with E-state index >= 15 is 0 Å². The van der Waals surface area contributed by atoms with Crippen LogP contribution in [0.1, 0.15) is 13.8 Å². The number of nitrogens with zero attached hydrogens (tertiary/aromatic N) is 2. The predicted octanol–water partition coefficient (Wildman–Crippen LogP) is 2.12. The quantitative estimate of drug-likeness (QED) is 0.747. The van der Waals surface area contributed by atoms with Crippen molar-refractivity contribution in [3.05, 3.63) is 21.9 Å². The second kappa shape index (κ2) is 7.54. The Morgan fingerprint density at radius 2 is 2.05 bits per heavy atom. The molecular formula is C11H17BrClN3O2S. The first kappa shape index (κ1) is 16.8. The van der Waals surface area contributed by atoms with E-state index < -0.39 is 10.0 Å². The molecule has 0 aliphatic carbocycles. The normalized spacial score (nSPS) is 12.1. The summed E-state index contributed by atoms with van der Waals surface area (Å²) in [6.07, 6.45) is 1.46. The molecule has 1 rings (SSSR count). The number of sulfonamides is 1. The highest BCUT2D eigenvalue weighted by Gasteiger charge is 2.19. The minimum absolute atomic E-state index is 0.0110. The van der Waals surface area contributed by atoms with E-state index in [9.17, 15) is 8.42 Å². The molecule has 0 saturated heterocycles. The molecule has 0 spiro atoms. The van der Waals surface area contributed by atoms with Crippen molar-refractivity contribution in [2.75, 3.05) is 26.2 Å². The molecule has 0 aliphatic rings. The molecule has 0 fully saturated rings. The Morgan fingerprint density at radius 3 is 2.63 bits per heavy atom. The minimum atomic E-state index is -3.63. The lowest BCUT2D eigenvalue weighted by Crippen LogP contribution is -2.34. The summed E-state index contributed by atoms with van der Waals surface area (Å²) in [4.78, 5) is 5.93. The van der Waals surface area contributed by atoms with Crippen LogP contribution in [0.3, 0.4) is 0 Å². The highest BCUT2D eigenvalue weighted by molar-refractivity contribution is 9.10. The van der Waals surface area contributed by atoms with Crippen LogP contribution >= 0.6 is 27.5 Å². The van der Waals surface area contributed by atoms with Crippen LogP contribution < -0.4 is 4.72 Å². The molecule has 1 aromatic rings. The lowest BCUT2D eigenvalue weighted by atomic mass is 10.5. The molecular weight excluding hydrogens is 354 g/mol. The van der Waals surface area contributed by atoms with Gasteiger partial charge in [-0.05, 0) is 35.1 Å². The van der Waals surface area contributed by atoms with Crippen molar-refractivity contribution in [2.45, 2.75) is 18.7 Å². The third-order valence-electron chi connectivity index (χ3n) is 2.68. The van der Waals surface area contributed by atoms with E-state index in [2.05, 4.69) is 30.5 Å². The van der Waals surface area contributed by atoms with Crippen LogP contribution in [-0.2, 0) is 10.0 Å². The van der Waals surface area contributed by atoms with Crippen molar-refractivity contribution in [1.29, 1.82) is 0 Å². The SMILES string of the molecule is CCN(CC)CCNS(=O)(=O)c1cc(Br)cnc1Cl. The molecule has 0 radical (unpaired) electrons. The molecule has 1 N–H and O–H groups in total. The topological polar surface area (TPSA) is 62.3 Å². The molecule has 0 amide bonds. The summed E-state index contributed by atoms with van der Waals surface area (Å²) < 4.78 is 27.3. The summed E-state index contributed by atoms with van der Waals surface area (Å²) in [5.41, 5.74) is 0. The van der Waals surface area contributed by atoms with Crippen molar-refractivity contribution in [3.8, 4) is 0 Å². The maximum absolute atomic E-state index is 12.1. The van der Waals surface area contributed by atoms with E-state index in [1.165, 1.54) is 12.3 Å². The molecule has 0 bridgehead atoms. The van der Waals surface area contributed by atoms with Crippen molar-refractivity contribution < 1.29 is 8.42 Å². The highest BCUT2D eigenvalue weighted by Crippen LogP contribution is 2.22. The van der Waals surface area contributed by atoms with Crippen LogP contribution in [0.5, 0.6) is 0 Å². The van der Waals surface area contributed by atoms with Crippen molar-refractivity contribution >= 4 is 37.6 Å². The van der Waals surface area contributed by atoms with Gasteiger partial charge in [0.2, 0.25) is 10.0 Å². The van der Waals surface area contributed by atoms with E-state index in [1.54, 1.807) is 0 Å². The molecule has 19 heavy (non-hydrogen) atoms. The second-order valence-corrected chi connectivity index (χ2v) is 6.88. The van der Waals surface area contributed by atoms with Gasteiger partial charge in [-0.25, -0.2) is 18.1 Å². The Bertz CT molecular complexity index is 521. The van der Waals surface area contributed by atoms with Crippen molar-refractivity contribution in [2.24, 2.45) is 0 Å². The summed E-state index contributed by atoms with van der Waals surface area (Å²) in [6, 6.07) is 1.44. The molecule has 1 aromatic heterocycles. The van der Waals surface area contributed by atoms with Gasteiger partial charge in [-0.15, -0.1) is 0 Å².